The Morgan fingerprint density at radius 1 is 1.19 bits per heavy atom. The Kier molecular flexibility index (Phi) is 5.46. The van der Waals surface area contributed by atoms with Crippen molar-refractivity contribution in [1.29, 1.82) is 0 Å². The van der Waals surface area contributed by atoms with Crippen LogP contribution in [-0.2, 0) is 0 Å². The fourth-order valence-corrected chi connectivity index (χ4v) is 3.68. The van der Waals surface area contributed by atoms with Gasteiger partial charge in [-0.1, -0.05) is 0 Å². The Bertz CT molecular complexity index is 618. The minimum absolute atomic E-state index is 0.198. The lowest BCUT2D eigenvalue weighted by atomic mass is 10.0. The number of nitrogens with two attached hydrogens (primary N) is 1. The summed E-state index contributed by atoms with van der Waals surface area (Å²) in [7, 11) is 4.87. The highest BCUT2D eigenvalue weighted by atomic mass is 79.9. The van der Waals surface area contributed by atoms with Crippen LogP contribution in [0.1, 0.15) is 16.5 Å². The Hall–Kier alpha value is -1.28. The van der Waals surface area contributed by atoms with E-state index in [1.807, 2.05) is 23.6 Å². The van der Waals surface area contributed by atoms with Crippen LogP contribution in [0.25, 0.3) is 0 Å². The molecule has 3 N–H and O–H groups in total. The van der Waals surface area contributed by atoms with Gasteiger partial charge in [-0.2, -0.15) is 0 Å². The van der Waals surface area contributed by atoms with E-state index in [4.69, 9.17) is 20.1 Å². The first-order valence-corrected chi connectivity index (χ1v) is 7.82. The van der Waals surface area contributed by atoms with Crippen LogP contribution in [0.3, 0.4) is 0 Å². The normalized spacial score (nSPS) is 12.0. The van der Waals surface area contributed by atoms with Crippen molar-refractivity contribution in [2.45, 2.75) is 6.04 Å². The molecule has 5 nitrogen and oxygen atoms in total. The van der Waals surface area contributed by atoms with Gasteiger partial charge in [0.05, 0.1) is 27.4 Å². The van der Waals surface area contributed by atoms with Gasteiger partial charge in [0.15, 0.2) is 0 Å². The molecular formula is C14H17BrN2O3S. The topological polar surface area (TPSA) is 65.7 Å². The van der Waals surface area contributed by atoms with Crippen LogP contribution < -0.4 is 25.5 Å². The second-order valence-corrected chi connectivity index (χ2v) is 5.93. The lowest BCUT2D eigenvalue weighted by molar-refractivity contribution is 0.383. The van der Waals surface area contributed by atoms with E-state index in [1.54, 1.807) is 32.7 Å². The van der Waals surface area contributed by atoms with Gasteiger partial charge in [0, 0.05) is 15.8 Å². The van der Waals surface area contributed by atoms with Crippen molar-refractivity contribution in [2.75, 3.05) is 21.3 Å². The average molecular weight is 373 g/mol. The lowest BCUT2D eigenvalue weighted by Gasteiger charge is -2.20. The molecule has 1 atom stereocenters. The van der Waals surface area contributed by atoms with Crippen molar-refractivity contribution in [2.24, 2.45) is 5.84 Å². The summed E-state index contributed by atoms with van der Waals surface area (Å²) in [6.45, 7) is 0. The fraction of sp³-hybridized carbons (Fsp3) is 0.286. The molecule has 0 saturated carbocycles. The minimum atomic E-state index is -0.198. The van der Waals surface area contributed by atoms with E-state index >= 15 is 0 Å². The summed E-state index contributed by atoms with van der Waals surface area (Å²) in [5, 5.41) is 1.94. The van der Waals surface area contributed by atoms with Crippen LogP contribution in [0.15, 0.2) is 28.1 Å². The molecule has 7 heteroatoms. The molecule has 0 aliphatic rings. The van der Waals surface area contributed by atoms with Crippen LogP contribution in [0, 0.1) is 0 Å². The molecule has 21 heavy (non-hydrogen) atoms. The molecule has 1 heterocycles. The van der Waals surface area contributed by atoms with Gasteiger partial charge in [-0.05, 0) is 34.1 Å². The van der Waals surface area contributed by atoms with Crippen molar-refractivity contribution in [3.63, 3.8) is 0 Å². The van der Waals surface area contributed by atoms with Crippen LogP contribution in [0.5, 0.6) is 17.2 Å². The number of benzene rings is 1. The maximum atomic E-state index is 5.75. The smallest absolute Gasteiger partial charge is 0.142 e. The summed E-state index contributed by atoms with van der Waals surface area (Å²) in [5.74, 6) is 7.94. The van der Waals surface area contributed by atoms with Crippen molar-refractivity contribution < 1.29 is 14.2 Å². The van der Waals surface area contributed by atoms with Gasteiger partial charge < -0.3 is 14.2 Å². The molecule has 0 bridgehead atoms. The summed E-state index contributed by atoms with van der Waals surface area (Å²) >= 11 is 5.07. The first kappa shape index (κ1) is 16.1. The minimum Gasteiger partial charge on any atom is -0.496 e. The number of halogens is 1. The fourth-order valence-electron chi connectivity index (χ4n) is 2.06. The second-order valence-electron chi connectivity index (χ2n) is 4.19. The highest BCUT2D eigenvalue weighted by molar-refractivity contribution is 9.10. The molecular weight excluding hydrogens is 356 g/mol. The van der Waals surface area contributed by atoms with Crippen LogP contribution in [0.4, 0.5) is 0 Å². The number of hydrogen-bond donors (Lipinski definition) is 2. The standard InChI is InChI=1S/C14H17BrN2O3S/c1-18-8-6-11(21-7-8)13(17-16)9-4-5-10(19-2)12(15)14(9)20-3/h4-7,13,17H,16H2,1-3H3. The molecule has 0 aliphatic carbocycles. The van der Waals surface area contributed by atoms with Gasteiger partial charge >= 0.3 is 0 Å². The van der Waals surface area contributed by atoms with Crippen molar-refractivity contribution >= 4 is 27.3 Å². The van der Waals surface area contributed by atoms with Crippen molar-refractivity contribution in [1.82, 2.24) is 5.43 Å². The zero-order valence-corrected chi connectivity index (χ0v) is 14.4. The third kappa shape index (κ3) is 3.16. The van der Waals surface area contributed by atoms with E-state index in [0.29, 0.717) is 11.5 Å². The van der Waals surface area contributed by atoms with Gasteiger partial charge in [0.2, 0.25) is 0 Å². The first-order chi connectivity index (χ1) is 10.2. The Balaban J connectivity index is 2.49. The molecule has 1 aromatic heterocycles. The largest absolute Gasteiger partial charge is 0.496 e. The lowest BCUT2D eigenvalue weighted by Crippen LogP contribution is -2.28. The summed E-state index contributed by atoms with van der Waals surface area (Å²) < 4.78 is 16.8. The number of ether oxygens (including phenoxy) is 3. The molecule has 0 amide bonds. The summed E-state index contributed by atoms with van der Waals surface area (Å²) in [5.41, 5.74) is 3.74. The monoisotopic (exact) mass is 372 g/mol. The predicted octanol–water partition coefficient (Wildman–Crippen LogP) is 3.09. The van der Waals surface area contributed by atoms with E-state index in [9.17, 15) is 0 Å². The number of hydrazine groups is 1. The zero-order valence-electron chi connectivity index (χ0n) is 12.0. The van der Waals surface area contributed by atoms with E-state index in [2.05, 4.69) is 21.4 Å². The average Bonchev–Trinajstić information content (AvgIpc) is 2.97. The zero-order chi connectivity index (χ0) is 15.4. The van der Waals surface area contributed by atoms with E-state index < -0.39 is 0 Å². The van der Waals surface area contributed by atoms with Crippen molar-refractivity contribution in [3.05, 3.63) is 38.5 Å². The Morgan fingerprint density at radius 3 is 2.48 bits per heavy atom. The molecule has 2 rings (SSSR count). The second kappa shape index (κ2) is 7.13. The first-order valence-electron chi connectivity index (χ1n) is 6.15. The van der Waals surface area contributed by atoms with Crippen LogP contribution in [-0.4, -0.2) is 21.3 Å². The molecule has 0 radical (unpaired) electrons. The number of methoxy groups -OCH3 is 3. The van der Waals surface area contributed by atoms with Gasteiger partial charge in [-0.3, -0.25) is 5.84 Å². The number of thiophene rings is 1. The molecule has 1 unspecified atom stereocenters. The maximum Gasteiger partial charge on any atom is 0.142 e. The highest BCUT2D eigenvalue weighted by Crippen LogP contribution is 2.42. The summed E-state index contributed by atoms with van der Waals surface area (Å²) in [4.78, 5) is 1.03. The summed E-state index contributed by atoms with van der Waals surface area (Å²) in [6.07, 6.45) is 0. The van der Waals surface area contributed by atoms with Crippen LogP contribution in [0.2, 0.25) is 0 Å². The molecule has 0 saturated heterocycles. The van der Waals surface area contributed by atoms with E-state index in [0.717, 1.165) is 20.7 Å². The maximum absolute atomic E-state index is 5.75. The number of rotatable bonds is 6. The molecule has 1 aromatic carbocycles. The molecule has 2 aromatic rings. The third-order valence-electron chi connectivity index (χ3n) is 3.11. The van der Waals surface area contributed by atoms with Crippen LogP contribution >= 0.6 is 27.3 Å². The van der Waals surface area contributed by atoms with Gasteiger partial charge in [-0.15, -0.1) is 11.3 Å². The Morgan fingerprint density at radius 2 is 1.95 bits per heavy atom. The van der Waals surface area contributed by atoms with Gasteiger partial charge in [0.1, 0.15) is 21.7 Å². The molecule has 0 spiro atoms. The number of nitrogens with one attached hydrogen (secondary N) is 1. The molecule has 114 valence electrons. The highest BCUT2D eigenvalue weighted by Gasteiger charge is 2.22. The van der Waals surface area contributed by atoms with Gasteiger partial charge in [-0.25, -0.2) is 5.43 Å². The Labute approximate surface area is 136 Å². The van der Waals surface area contributed by atoms with E-state index in [-0.39, 0.29) is 6.04 Å². The third-order valence-corrected chi connectivity index (χ3v) is 4.84. The van der Waals surface area contributed by atoms with Crippen molar-refractivity contribution in [3.8, 4) is 17.2 Å². The molecule has 0 aliphatic heterocycles. The quantitative estimate of drug-likeness (QED) is 0.602. The van der Waals surface area contributed by atoms with Gasteiger partial charge in [0.25, 0.3) is 0 Å². The molecule has 0 fully saturated rings. The number of hydrogen-bond acceptors (Lipinski definition) is 6. The van der Waals surface area contributed by atoms with E-state index in [1.165, 1.54) is 0 Å². The predicted molar refractivity (Wildman–Crippen MR) is 87.3 cm³/mol. The SMILES string of the molecule is COc1csc(C(NN)c2ccc(OC)c(Br)c2OC)c1. The summed E-state index contributed by atoms with van der Waals surface area (Å²) in [6, 6.07) is 5.55.